The molecule has 0 radical (unpaired) electrons. The Kier molecular flexibility index (Phi) is 12.9. The summed E-state index contributed by atoms with van der Waals surface area (Å²) in [6.45, 7) is 4.24. The summed E-state index contributed by atoms with van der Waals surface area (Å²) < 4.78 is 43.5. The Morgan fingerprint density at radius 2 is 1.25 bits per heavy atom. The van der Waals surface area contributed by atoms with Gasteiger partial charge in [-0.2, -0.15) is 0 Å². The van der Waals surface area contributed by atoms with Crippen LogP contribution in [-0.2, 0) is 9.59 Å². The number of hydrogen-bond donors (Lipinski definition) is 2. The van der Waals surface area contributed by atoms with Gasteiger partial charge < -0.3 is 24.4 Å². The summed E-state index contributed by atoms with van der Waals surface area (Å²) in [6, 6.07) is 16.9. The van der Waals surface area contributed by atoms with Gasteiger partial charge in [-0.3, -0.25) is 9.80 Å². The third-order valence-electron chi connectivity index (χ3n) is 6.91. The molecule has 0 spiro atoms. The summed E-state index contributed by atoms with van der Waals surface area (Å²) >= 11 is 0. The van der Waals surface area contributed by atoms with E-state index in [2.05, 4.69) is 15.9 Å². The first-order chi connectivity index (χ1) is 21.2. The monoisotopic (exact) mass is 610 g/mol. The van der Waals surface area contributed by atoms with Gasteiger partial charge >= 0.3 is 11.9 Å². The van der Waals surface area contributed by atoms with Crippen molar-refractivity contribution >= 4 is 18.0 Å². The molecule has 4 rings (SSSR count). The second-order valence-electron chi connectivity index (χ2n) is 9.68. The van der Waals surface area contributed by atoms with Crippen LogP contribution in [0.15, 0.2) is 78.9 Å². The lowest BCUT2D eigenvalue weighted by Gasteiger charge is -2.39. The van der Waals surface area contributed by atoms with E-state index >= 15 is 0 Å². The van der Waals surface area contributed by atoms with Crippen molar-refractivity contribution in [2.24, 2.45) is 0 Å². The third kappa shape index (κ3) is 9.65. The van der Waals surface area contributed by atoms with Gasteiger partial charge in [0.1, 0.15) is 11.6 Å². The van der Waals surface area contributed by atoms with Gasteiger partial charge in [0, 0.05) is 50.4 Å². The van der Waals surface area contributed by atoms with Crippen LogP contribution in [0.3, 0.4) is 0 Å². The lowest BCUT2D eigenvalue weighted by atomic mass is 9.96. The van der Waals surface area contributed by atoms with Gasteiger partial charge in [0.05, 0.1) is 27.4 Å². The summed E-state index contributed by atoms with van der Waals surface area (Å²) in [5, 5.41) is 15.6. The zero-order chi connectivity index (χ0) is 32.1. The van der Waals surface area contributed by atoms with Crippen LogP contribution in [0.1, 0.15) is 22.7 Å². The SMILES string of the molecule is COc1ccc(/C=C/CN2CCN(C(c3ccc(F)cc3)c3ccc(F)cc3)CC2)c(OC)c1OC.O=C(O)/C=C/C(=O)O. The van der Waals surface area contributed by atoms with E-state index in [9.17, 15) is 18.4 Å². The minimum absolute atomic E-state index is 0.0556. The Hall–Kier alpha value is -4.74. The van der Waals surface area contributed by atoms with Crippen LogP contribution in [0.2, 0.25) is 0 Å². The van der Waals surface area contributed by atoms with E-state index < -0.39 is 11.9 Å². The molecule has 0 amide bonds. The molecule has 0 aromatic heterocycles. The molecule has 1 fully saturated rings. The fourth-order valence-corrected chi connectivity index (χ4v) is 4.84. The molecule has 0 bridgehead atoms. The zero-order valence-electron chi connectivity index (χ0n) is 24.8. The fourth-order valence-electron chi connectivity index (χ4n) is 4.84. The maximum atomic E-state index is 13.6. The number of carboxylic acids is 2. The first-order valence-corrected chi connectivity index (χ1v) is 13.7. The van der Waals surface area contributed by atoms with E-state index in [0.29, 0.717) is 29.4 Å². The molecule has 3 aromatic carbocycles. The third-order valence-corrected chi connectivity index (χ3v) is 6.91. The van der Waals surface area contributed by atoms with Gasteiger partial charge in [-0.05, 0) is 47.5 Å². The topological polar surface area (TPSA) is 109 Å². The molecule has 1 aliphatic rings. The summed E-state index contributed by atoms with van der Waals surface area (Å²) in [5.41, 5.74) is 2.91. The van der Waals surface area contributed by atoms with Gasteiger partial charge in [-0.15, -0.1) is 0 Å². The number of halogens is 2. The second-order valence-corrected chi connectivity index (χ2v) is 9.68. The summed E-state index contributed by atoms with van der Waals surface area (Å²) in [5.74, 6) is -1.21. The van der Waals surface area contributed by atoms with E-state index in [1.807, 2.05) is 42.5 Å². The first-order valence-electron chi connectivity index (χ1n) is 13.7. The number of aliphatic carboxylic acids is 2. The molecule has 0 saturated carbocycles. The molecule has 0 aliphatic carbocycles. The van der Waals surface area contributed by atoms with Crippen LogP contribution < -0.4 is 14.2 Å². The van der Waals surface area contributed by atoms with Gasteiger partial charge in [0.2, 0.25) is 5.75 Å². The Balaban J connectivity index is 0.000000583. The Bertz CT molecular complexity index is 1370. The summed E-state index contributed by atoms with van der Waals surface area (Å²) in [6.07, 6.45) is 5.27. The Labute approximate surface area is 255 Å². The number of ether oxygens (including phenoxy) is 3. The maximum absolute atomic E-state index is 13.6. The van der Waals surface area contributed by atoms with Crippen LogP contribution >= 0.6 is 0 Å². The molecular weight excluding hydrogens is 574 g/mol. The molecule has 0 atom stereocenters. The van der Waals surface area contributed by atoms with Crippen LogP contribution in [-0.4, -0.2) is 86.0 Å². The average molecular weight is 611 g/mol. The Morgan fingerprint density at radius 3 is 1.68 bits per heavy atom. The first kappa shape index (κ1) is 33.8. The van der Waals surface area contributed by atoms with E-state index in [1.165, 1.54) is 24.3 Å². The number of hydrogen-bond acceptors (Lipinski definition) is 7. The van der Waals surface area contributed by atoms with E-state index in [1.54, 1.807) is 21.3 Å². The highest BCUT2D eigenvalue weighted by Crippen LogP contribution is 2.40. The van der Waals surface area contributed by atoms with Crippen LogP contribution in [0.5, 0.6) is 17.2 Å². The highest BCUT2D eigenvalue weighted by Gasteiger charge is 2.26. The van der Waals surface area contributed by atoms with Crippen LogP contribution in [0.25, 0.3) is 6.08 Å². The highest BCUT2D eigenvalue weighted by atomic mass is 19.1. The average Bonchev–Trinajstić information content (AvgIpc) is 3.02. The lowest BCUT2D eigenvalue weighted by Crippen LogP contribution is -2.47. The molecule has 2 N–H and O–H groups in total. The number of carboxylic acid groups (broad SMARTS) is 2. The fraction of sp³-hybridized carbons (Fsp3) is 0.273. The quantitative estimate of drug-likeness (QED) is 0.286. The zero-order valence-corrected chi connectivity index (χ0v) is 24.8. The van der Waals surface area contributed by atoms with Crippen molar-refractivity contribution < 1.29 is 42.8 Å². The maximum Gasteiger partial charge on any atom is 0.328 e. The number of nitrogens with zero attached hydrogens (tertiary/aromatic N) is 2. The number of piperazine rings is 1. The van der Waals surface area contributed by atoms with Gasteiger partial charge in [0.25, 0.3) is 0 Å². The molecule has 9 nitrogen and oxygen atoms in total. The van der Waals surface area contributed by atoms with E-state index in [-0.39, 0.29) is 17.7 Å². The largest absolute Gasteiger partial charge is 0.493 e. The predicted octanol–water partition coefficient (Wildman–Crippen LogP) is 5.12. The second kappa shape index (κ2) is 16.8. The van der Waals surface area contributed by atoms with Crippen molar-refractivity contribution in [2.75, 3.05) is 54.1 Å². The molecule has 1 heterocycles. The highest BCUT2D eigenvalue weighted by molar-refractivity contribution is 5.89. The number of benzene rings is 3. The van der Waals surface area contributed by atoms with Crippen molar-refractivity contribution in [1.29, 1.82) is 0 Å². The summed E-state index contributed by atoms with van der Waals surface area (Å²) in [4.78, 5) is 23.9. The van der Waals surface area contributed by atoms with Crippen molar-refractivity contribution in [3.63, 3.8) is 0 Å². The molecule has 1 saturated heterocycles. The van der Waals surface area contributed by atoms with Crippen molar-refractivity contribution in [3.05, 3.63) is 107 Å². The van der Waals surface area contributed by atoms with Crippen molar-refractivity contribution in [3.8, 4) is 17.2 Å². The molecule has 44 heavy (non-hydrogen) atoms. The van der Waals surface area contributed by atoms with Crippen LogP contribution in [0.4, 0.5) is 8.78 Å². The van der Waals surface area contributed by atoms with Gasteiger partial charge in [-0.1, -0.05) is 36.4 Å². The van der Waals surface area contributed by atoms with Gasteiger partial charge in [0.15, 0.2) is 11.5 Å². The number of rotatable bonds is 11. The van der Waals surface area contributed by atoms with Crippen molar-refractivity contribution in [2.45, 2.75) is 6.04 Å². The van der Waals surface area contributed by atoms with Gasteiger partial charge in [-0.25, -0.2) is 18.4 Å². The van der Waals surface area contributed by atoms with E-state index in [0.717, 1.165) is 49.4 Å². The number of methoxy groups -OCH3 is 3. The molecular formula is C33H36F2N2O7. The minimum Gasteiger partial charge on any atom is -0.493 e. The Morgan fingerprint density at radius 1 is 0.750 bits per heavy atom. The normalized spacial score (nSPS) is 14.0. The molecule has 234 valence electrons. The van der Waals surface area contributed by atoms with Crippen molar-refractivity contribution in [1.82, 2.24) is 9.80 Å². The van der Waals surface area contributed by atoms with Crippen LogP contribution in [0, 0.1) is 11.6 Å². The minimum atomic E-state index is -1.26. The molecule has 3 aromatic rings. The predicted molar refractivity (Wildman–Crippen MR) is 162 cm³/mol. The summed E-state index contributed by atoms with van der Waals surface area (Å²) in [7, 11) is 4.81. The molecule has 1 aliphatic heterocycles. The number of carbonyl (C=O) groups is 2. The molecule has 11 heteroatoms. The van der Waals surface area contributed by atoms with E-state index in [4.69, 9.17) is 24.4 Å². The lowest BCUT2D eigenvalue weighted by molar-refractivity contribution is -0.134. The standard InChI is InChI=1S/C29H32F2N2O3.C4H4O4/c1-34-26-15-10-23(28(35-2)29(26)36-3)5-4-16-32-17-19-33(20-18-32)27(21-6-11-24(30)12-7-21)22-8-13-25(31)14-9-22;5-3(6)1-2-4(7)8/h4-15,27H,16-20H2,1-3H3;1-2H,(H,5,6)(H,7,8)/b5-4+;2-1+. The molecule has 0 unspecified atom stereocenters. The smallest absolute Gasteiger partial charge is 0.328 e.